The molecule has 0 N–H and O–H groups in total. The number of allylic oxidation sites excluding steroid dienone is 2. The van der Waals surface area contributed by atoms with Crippen molar-refractivity contribution < 1.29 is 0 Å². The molecule has 0 aliphatic heterocycles. The highest BCUT2D eigenvalue weighted by Crippen LogP contribution is 2.58. The van der Waals surface area contributed by atoms with Crippen molar-refractivity contribution in [2.75, 3.05) is 5.01 Å². The molecular formula is C22H24N2. The monoisotopic (exact) mass is 316 g/mol. The van der Waals surface area contributed by atoms with E-state index in [9.17, 15) is 0 Å². The van der Waals surface area contributed by atoms with Crippen LogP contribution in [-0.2, 0) is 0 Å². The number of hydrogen-bond donors (Lipinski definition) is 0. The Morgan fingerprint density at radius 1 is 0.958 bits per heavy atom. The van der Waals surface area contributed by atoms with Crippen molar-refractivity contribution in [1.29, 1.82) is 0 Å². The topological polar surface area (TPSA) is 15.6 Å². The summed E-state index contributed by atoms with van der Waals surface area (Å²) in [5, 5.41) is 6.89. The van der Waals surface area contributed by atoms with Gasteiger partial charge in [0.2, 0.25) is 0 Å². The minimum absolute atomic E-state index is 0.431. The molecule has 0 aromatic heterocycles. The van der Waals surface area contributed by atoms with Gasteiger partial charge in [-0.1, -0.05) is 56.3 Å². The van der Waals surface area contributed by atoms with Gasteiger partial charge >= 0.3 is 0 Å². The van der Waals surface area contributed by atoms with Gasteiger partial charge in [0.1, 0.15) is 0 Å². The fourth-order valence-corrected chi connectivity index (χ4v) is 4.09. The Bertz CT molecular complexity index is 720. The molecule has 0 heterocycles. The van der Waals surface area contributed by atoms with Crippen LogP contribution in [0.1, 0.15) is 26.7 Å². The molecule has 2 unspecified atom stereocenters. The summed E-state index contributed by atoms with van der Waals surface area (Å²) in [6.07, 6.45) is 6.99. The van der Waals surface area contributed by atoms with Gasteiger partial charge in [-0.25, -0.2) is 5.01 Å². The second-order valence-corrected chi connectivity index (χ2v) is 7.47. The highest BCUT2D eigenvalue weighted by atomic mass is 15.5. The Balaban J connectivity index is 1.65. The van der Waals surface area contributed by atoms with Crippen LogP contribution >= 0.6 is 0 Å². The van der Waals surface area contributed by atoms with Crippen LogP contribution in [0.25, 0.3) is 0 Å². The lowest BCUT2D eigenvalue weighted by Gasteiger charge is -2.55. The summed E-state index contributed by atoms with van der Waals surface area (Å²) in [5.74, 6) is 1.52. The van der Waals surface area contributed by atoms with E-state index in [1.807, 2.05) is 17.1 Å². The molecule has 1 saturated carbocycles. The number of hydrogen-bond acceptors (Lipinski definition) is 2. The van der Waals surface area contributed by atoms with Crippen LogP contribution in [0, 0.1) is 17.3 Å². The van der Waals surface area contributed by atoms with Gasteiger partial charge in [-0.15, -0.1) is 0 Å². The summed E-state index contributed by atoms with van der Waals surface area (Å²) in [6.45, 7) is 4.80. The molecule has 5 rings (SSSR count). The highest BCUT2D eigenvalue weighted by molar-refractivity contribution is 5.82. The van der Waals surface area contributed by atoms with E-state index in [4.69, 9.17) is 5.10 Å². The second-order valence-electron chi connectivity index (χ2n) is 7.47. The maximum atomic E-state index is 4.87. The lowest BCUT2D eigenvalue weighted by atomic mass is 9.49. The number of fused-ring (bicyclic) bond motifs is 1. The summed E-state index contributed by atoms with van der Waals surface area (Å²) in [7, 11) is 0. The van der Waals surface area contributed by atoms with E-state index in [1.54, 1.807) is 0 Å². The first-order chi connectivity index (χ1) is 11.7. The van der Waals surface area contributed by atoms with Gasteiger partial charge in [0.05, 0.1) is 17.6 Å². The average molecular weight is 316 g/mol. The highest BCUT2D eigenvalue weighted by Gasteiger charge is 2.50. The first-order valence-electron chi connectivity index (χ1n) is 8.80. The van der Waals surface area contributed by atoms with E-state index in [2.05, 4.69) is 74.7 Å². The summed E-state index contributed by atoms with van der Waals surface area (Å²) in [6, 6.07) is 20.7. The van der Waals surface area contributed by atoms with Crippen molar-refractivity contribution in [1.82, 2.24) is 0 Å². The molecular weight excluding hydrogens is 292 g/mol. The van der Waals surface area contributed by atoms with E-state index in [0.29, 0.717) is 11.3 Å². The molecule has 2 aromatic rings. The Kier molecular flexibility index (Phi) is 3.76. The van der Waals surface area contributed by atoms with Crippen LogP contribution < -0.4 is 5.01 Å². The standard InChI is InChI=1S/C22H24N2/c1-22(2)18-14-13-17(21(22)15-18)16-23-24(19-9-5-3-6-10-19)20-11-7-4-8-12-20/h3-13,16,18,21H,14-15H2,1-2H3/b23-16-. The van der Waals surface area contributed by atoms with Gasteiger partial charge in [-0.05, 0) is 59.9 Å². The molecule has 2 aromatic carbocycles. The minimum atomic E-state index is 0.431. The average Bonchev–Trinajstić information content (AvgIpc) is 2.63. The van der Waals surface area contributed by atoms with E-state index in [-0.39, 0.29) is 0 Å². The van der Waals surface area contributed by atoms with E-state index >= 15 is 0 Å². The van der Waals surface area contributed by atoms with Gasteiger partial charge < -0.3 is 0 Å². The minimum Gasteiger partial charge on any atom is -0.234 e. The number of para-hydroxylation sites is 2. The van der Waals surface area contributed by atoms with Crippen molar-refractivity contribution >= 4 is 17.6 Å². The summed E-state index contributed by atoms with van der Waals surface area (Å²) in [5.41, 5.74) is 4.00. The van der Waals surface area contributed by atoms with Crippen LogP contribution in [0.3, 0.4) is 0 Å². The van der Waals surface area contributed by atoms with Crippen molar-refractivity contribution in [3.05, 3.63) is 72.3 Å². The second kappa shape index (κ2) is 5.94. The molecule has 24 heavy (non-hydrogen) atoms. The largest absolute Gasteiger partial charge is 0.234 e. The molecule has 0 saturated heterocycles. The predicted octanol–water partition coefficient (Wildman–Crippen LogP) is 5.80. The first-order valence-corrected chi connectivity index (χ1v) is 8.80. The van der Waals surface area contributed by atoms with Crippen molar-refractivity contribution in [3.8, 4) is 0 Å². The Labute approximate surface area is 144 Å². The van der Waals surface area contributed by atoms with E-state index < -0.39 is 0 Å². The van der Waals surface area contributed by atoms with Crippen molar-refractivity contribution in [3.63, 3.8) is 0 Å². The molecule has 0 radical (unpaired) electrons. The van der Waals surface area contributed by atoms with Gasteiger partial charge in [-0.3, -0.25) is 0 Å². The maximum absolute atomic E-state index is 4.87. The third-order valence-electron chi connectivity index (χ3n) is 5.83. The predicted molar refractivity (Wildman–Crippen MR) is 102 cm³/mol. The molecule has 3 aliphatic rings. The number of benzene rings is 2. The number of anilines is 2. The number of hydrazone groups is 1. The number of rotatable bonds is 4. The van der Waals surface area contributed by atoms with E-state index in [1.165, 1.54) is 18.4 Å². The molecule has 2 atom stereocenters. The molecule has 2 bridgehead atoms. The number of nitrogens with zero attached hydrogens (tertiary/aromatic N) is 2. The fourth-order valence-electron chi connectivity index (χ4n) is 4.09. The first kappa shape index (κ1) is 15.2. The quantitative estimate of drug-likeness (QED) is 0.514. The SMILES string of the molecule is CC1(C)C2CC=C(/C=N\N(c3ccccc3)c3ccccc3)C1C2. The van der Waals surface area contributed by atoms with Crippen molar-refractivity contribution in [2.45, 2.75) is 26.7 Å². The maximum Gasteiger partial charge on any atom is 0.0652 e. The molecule has 2 nitrogen and oxygen atoms in total. The smallest absolute Gasteiger partial charge is 0.0652 e. The zero-order valence-electron chi connectivity index (χ0n) is 14.4. The summed E-state index contributed by atoms with van der Waals surface area (Å²) in [4.78, 5) is 0. The lowest BCUT2D eigenvalue weighted by molar-refractivity contribution is -0.00125. The lowest BCUT2D eigenvalue weighted by Crippen LogP contribution is -2.48. The molecule has 2 heteroatoms. The van der Waals surface area contributed by atoms with Crippen LogP contribution in [0.2, 0.25) is 0 Å². The fraction of sp³-hybridized carbons (Fsp3) is 0.318. The zero-order chi connectivity index (χ0) is 16.6. The summed E-state index contributed by atoms with van der Waals surface area (Å²) >= 11 is 0. The molecule has 0 spiro atoms. The summed E-state index contributed by atoms with van der Waals surface area (Å²) < 4.78 is 0. The normalized spacial score (nSPS) is 24.3. The van der Waals surface area contributed by atoms with Gasteiger partial charge in [0, 0.05) is 0 Å². The van der Waals surface area contributed by atoms with Crippen LogP contribution in [0.4, 0.5) is 11.4 Å². The van der Waals surface area contributed by atoms with Gasteiger partial charge in [0.15, 0.2) is 0 Å². The molecule has 0 amide bonds. The van der Waals surface area contributed by atoms with Crippen LogP contribution in [0.15, 0.2) is 77.4 Å². The van der Waals surface area contributed by atoms with Crippen LogP contribution in [0.5, 0.6) is 0 Å². The molecule has 1 fully saturated rings. The molecule has 122 valence electrons. The third-order valence-corrected chi connectivity index (χ3v) is 5.83. The zero-order valence-corrected chi connectivity index (χ0v) is 14.4. The van der Waals surface area contributed by atoms with Crippen LogP contribution in [-0.4, -0.2) is 6.21 Å². The van der Waals surface area contributed by atoms with Gasteiger partial charge in [0.25, 0.3) is 0 Å². The Hall–Kier alpha value is -2.35. The third kappa shape index (κ3) is 2.56. The Morgan fingerprint density at radius 2 is 1.54 bits per heavy atom. The van der Waals surface area contributed by atoms with Gasteiger partial charge in [-0.2, -0.15) is 5.10 Å². The van der Waals surface area contributed by atoms with E-state index in [0.717, 1.165) is 17.3 Å². The molecule has 3 aliphatic carbocycles. The Morgan fingerprint density at radius 3 is 2.04 bits per heavy atom. The van der Waals surface area contributed by atoms with Crippen molar-refractivity contribution in [2.24, 2.45) is 22.4 Å².